The second kappa shape index (κ2) is 5.45. The molecule has 0 saturated heterocycles. The lowest BCUT2D eigenvalue weighted by molar-refractivity contribution is -0.442. The molecule has 2 rings (SSSR count). The summed E-state index contributed by atoms with van der Waals surface area (Å²) in [7, 11) is 0. The first-order valence-electron chi connectivity index (χ1n) is 7.13. The maximum atomic E-state index is 11.7. The molecule has 4 heteroatoms. The van der Waals surface area contributed by atoms with Crippen LogP contribution in [0, 0.1) is 0 Å². The van der Waals surface area contributed by atoms with Crippen LogP contribution in [0.4, 0.5) is 11.4 Å². The molecule has 0 aromatic heterocycles. The Bertz CT molecular complexity index is 642. The number of amides is 1. The number of β-amino-alcohol motifs (C(OH)–C–C–N with tert-alkyl or cyclic N) is 1. The SMILES string of the molecule is C=C(C)C(=O)Nc1ccc2c(c1)C(C)(C)C(C)=[N+]2CCO. The number of anilines is 1. The van der Waals surface area contributed by atoms with Crippen molar-refractivity contribution < 1.29 is 14.5 Å². The van der Waals surface area contributed by atoms with Gasteiger partial charge in [-0.3, -0.25) is 4.79 Å². The predicted molar refractivity (Wildman–Crippen MR) is 85.5 cm³/mol. The van der Waals surface area contributed by atoms with Crippen molar-refractivity contribution in [3.8, 4) is 0 Å². The normalized spacial score (nSPS) is 15.9. The highest BCUT2D eigenvalue weighted by Crippen LogP contribution is 2.40. The highest BCUT2D eigenvalue weighted by molar-refractivity contribution is 6.03. The minimum absolute atomic E-state index is 0.112. The number of benzene rings is 1. The molecule has 1 aromatic rings. The fraction of sp³-hybridized carbons (Fsp3) is 0.412. The van der Waals surface area contributed by atoms with Gasteiger partial charge in [-0.1, -0.05) is 6.58 Å². The second-order valence-electron chi connectivity index (χ2n) is 6.05. The Morgan fingerprint density at radius 3 is 2.67 bits per heavy atom. The van der Waals surface area contributed by atoms with Crippen molar-refractivity contribution in [3.05, 3.63) is 35.9 Å². The number of carbonyl (C=O) groups excluding carboxylic acids is 1. The monoisotopic (exact) mass is 287 g/mol. The summed E-state index contributed by atoms with van der Waals surface area (Å²) in [6.45, 7) is 12.4. The number of aliphatic hydroxyl groups is 1. The molecule has 0 radical (unpaired) electrons. The average Bonchev–Trinajstić information content (AvgIpc) is 2.60. The van der Waals surface area contributed by atoms with Crippen molar-refractivity contribution in [2.24, 2.45) is 0 Å². The summed E-state index contributed by atoms with van der Waals surface area (Å²) in [6.07, 6.45) is 0. The Morgan fingerprint density at radius 1 is 1.43 bits per heavy atom. The predicted octanol–water partition coefficient (Wildman–Crippen LogP) is 2.59. The smallest absolute Gasteiger partial charge is 0.250 e. The highest BCUT2D eigenvalue weighted by Gasteiger charge is 2.42. The van der Waals surface area contributed by atoms with Gasteiger partial charge in [0.15, 0.2) is 12.3 Å². The molecule has 0 bridgehead atoms. The van der Waals surface area contributed by atoms with Gasteiger partial charge in [0.05, 0.1) is 5.41 Å². The van der Waals surface area contributed by atoms with E-state index in [1.165, 1.54) is 5.71 Å². The Balaban J connectivity index is 2.42. The Kier molecular flexibility index (Phi) is 4.01. The first-order chi connectivity index (χ1) is 9.78. The van der Waals surface area contributed by atoms with E-state index < -0.39 is 0 Å². The van der Waals surface area contributed by atoms with Crippen LogP contribution in [0.1, 0.15) is 33.3 Å². The maximum absolute atomic E-state index is 11.7. The fourth-order valence-electron chi connectivity index (χ4n) is 2.69. The summed E-state index contributed by atoms with van der Waals surface area (Å²) in [5.74, 6) is -0.168. The van der Waals surface area contributed by atoms with Gasteiger partial charge in [-0.15, -0.1) is 0 Å². The van der Waals surface area contributed by atoms with Gasteiger partial charge in [0.25, 0.3) is 5.91 Å². The highest BCUT2D eigenvalue weighted by atomic mass is 16.3. The van der Waals surface area contributed by atoms with E-state index in [4.69, 9.17) is 0 Å². The number of nitrogens with one attached hydrogen (secondary N) is 1. The van der Waals surface area contributed by atoms with E-state index in [0.717, 1.165) is 16.9 Å². The van der Waals surface area contributed by atoms with E-state index in [-0.39, 0.29) is 17.9 Å². The summed E-state index contributed by atoms with van der Waals surface area (Å²) in [5, 5.41) is 12.1. The molecule has 0 atom stereocenters. The molecule has 0 saturated carbocycles. The van der Waals surface area contributed by atoms with Gasteiger partial charge in [0, 0.05) is 29.8 Å². The van der Waals surface area contributed by atoms with E-state index in [2.05, 4.69) is 37.2 Å². The third-order valence-corrected chi connectivity index (χ3v) is 4.24. The summed E-state index contributed by atoms with van der Waals surface area (Å²) in [6, 6.07) is 5.90. The molecule has 21 heavy (non-hydrogen) atoms. The van der Waals surface area contributed by atoms with E-state index in [0.29, 0.717) is 12.1 Å². The van der Waals surface area contributed by atoms with E-state index in [1.54, 1.807) is 6.92 Å². The molecule has 0 unspecified atom stereocenters. The zero-order valence-electron chi connectivity index (χ0n) is 13.2. The summed E-state index contributed by atoms with van der Waals surface area (Å²) in [5.41, 5.74) is 4.60. The largest absolute Gasteiger partial charge is 0.390 e. The number of carbonyl (C=O) groups is 1. The van der Waals surface area contributed by atoms with Crippen molar-refractivity contribution in [1.82, 2.24) is 0 Å². The zero-order chi connectivity index (χ0) is 15.8. The van der Waals surface area contributed by atoms with Gasteiger partial charge in [-0.2, -0.15) is 4.58 Å². The molecular weight excluding hydrogens is 264 g/mol. The average molecular weight is 287 g/mol. The topological polar surface area (TPSA) is 52.3 Å². The Labute approximate surface area is 125 Å². The van der Waals surface area contributed by atoms with Gasteiger partial charge in [-0.25, -0.2) is 0 Å². The van der Waals surface area contributed by atoms with E-state index in [9.17, 15) is 9.90 Å². The molecule has 112 valence electrons. The van der Waals surface area contributed by atoms with E-state index >= 15 is 0 Å². The third kappa shape index (κ3) is 2.63. The van der Waals surface area contributed by atoms with Crippen LogP contribution in [0.3, 0.4) is 0 Å². The lowest BCUT2D eigenvalue weighted by Gasteiger charge is -2.16. The standard InChI is InChI=1S/C17H22N2O2/c1-11(2)16(21)18-13-6-7-15-14(10-13)17(4,5)12(3)19(15)8-9-20/h6-7,10,20H,1,8-9H2,2-5H3/p+1. The van der Waals surface area contributed by atoms with Crippen LogP contribution in [0.25, 0.3) is 0 Å². The number of hydrogen-bond acceptors (Lipinski definition) is 2. The summed E-state index contributed by atoms with van der Waals surface area (Å²) >= 11 is 0. The van der Waals surface area contributed by atoms with Gasteiger partial charge in [0.2, 0.25) is 5.69 Å². The lowest BCUT2D eigenvalue weighted by atomic mass is 9.82. The summed E-state index contributed by atoms with van der Waals surface area (Å²) < 4.78 is 2.14. The van der Waals surface area contributed by atoms with Gasteiger partial charge in [0.1, 0.15) is 6.61 Å². The van der Waals surface area contributed by atoms with Crippen molar-refractivity contribution >= 4 is 23.0 Å². The van der Waals surface area contributed by atoms with Crippen molar-refractivity contribution in [2.75, 3.05) is 18.5 Å². The first-order valence-corrected chi connectivity index (χ1v) is 7.13. The van der Waals surface area contributed by atoms with Crippen LogP contribution in [0.5, 0.6) is 0 Å². The molecule has 1 amide bonds. The Hall–Kier alpha value is -1.94. The Morgan fingerprint density at radius 2 is 2.10 bits per heavy atom. The number of fused-ring (bicyclic) bond motifs is 1. The van der Waals surface area contributed by atoms with Crippen LogP contribution >= 0.6 is 0 Å². The van der Waals surface area contributed by atoms with E-state index in [1.807, 2.05) is 18.2 Å². The molecular formula is C17H23N2O2+. The molecule has 0 fully saturated rings. The van der Waals surface area contributed by atoms with Crippen LogP contribution < -0.4 is 5.32 Å². The molecule has 1 aliphatic rings. The van der Waals surface area contributed by atoms with Crippen LogP contribution in [0.2, 0.25) is 0 Å². The maximum Gasteiger partial charge on any atom is 0.250 e. The lowest BCUT2D eigenvalue weighted by Crippen LogP contribution is -2.27. The molecule has 2 N–H and O–H groups in total. The molecule has 1 aliphatic heterocycles. The molecule has 0 spiro atoms. The number of nitrogens with zero attached hydrogens (tertiary/aromatic N) is 1. The third-order valence-electron chi connectivity index (χ3n) is 4.24. The number of rotatable bonds is 4. The minimum Gasteiger partial charge on any atom is -0.390 e. The quantitative estimate of drug-likeness (QED) is 0.660. The molecule has 4 nitrogen and oxygen atoms in total. The molecule has 1 heterocycles. The van der Waals surface area contributed by atoms with Gasteiger partial charge >= 0.3 is 0 Å². The van der Waals surface area contributed by atoms with Crippen LogP contribution in [0.15, 0.2) is 30.4 Å². The van der Waals surface area contributed by atoms with Crippen molar-refractivity contribution in [3.63, 3.8) is 0 Å². The van der Waals surface area contributed by atoms with Crippen LogP contribution in [-0.2, 0) is 10.2 Å². The van der Waals surface area contributed by atoms with Crippen molar-refractivity contribution in [2.45, 2.75) is 33.1 Å². The number of hydrogen-bond donors (Lipinski definition) is 2. The zero-order valence-corrected chi connectivity index (χ0v) is 13.2. The van der Waals surface area contributed by atoms with Gasteiger partial charge in [-0.05, 0) is 32.9 Å². The van der Waals surface area contributed by atoms with Gasteiger partial charge < -0.3 is 10.4 Å². The summed E-state index contributed by atoms with van der Waals surface area (Å²) in [4.78, 5) is 11.7. The van der Waals surface area contributed by atoms with Crippen molar-refractivity contribution in [1.29, 1.82) is 0 Å². The fourth-order valence-corrected chi connectivity index (χ4v) is 2.69. The molecule has 0 aliphatic carbocycles. The first kappa shape index (κ1) is 15.4. The molecule has 1 aromatic carbocycles. The second-order valence-corrected chi connectivity index (χ2v) is 6.05. The minimum atomic E-state index is -0.168. The van der Waals surface area contributed by atoms with Crippen LogP contribution in [-0.4, -0.2) is 34.5 Å². The number of aliphatic hydroxyl groups excluding tert-OH is 1.